The molecule has 2 N–H and O–H groups in total. The minimum Gasteiger partial charge on any atom is -0.495 e. The molecule has 7 nitrogen and oxygen atoms in total. The number of benzene rings is 2. The second kappa shape index (κ2) is 6.98. The number of nitrogens with zero attached hydrogens (tertiary/aromatic N) is 4. The number of imidazole rings is 1. The molecule has 4 rings (SSSR count). The molecule has 0 fully saturated rings. The molecule has 0 saturated carbocycles. The van der Waals surface area contributed by atoms with Gasteiger partial charge in [0.15, 0.2) is 11.8 Å². The summed E-state index contributed by atoms with van der Waals surface area (Å²) in [4.78, 5) is 22.6. The molecule has 3 aromatic rings. The van der Waals surface area contributed by atoms with Gasteiger partial charge in [-0.1, -0.05) is 23.7 Å². The Morgan fingerprint density at radius 3 is 2.73 bits per heavy atom. The van der Waals surface area contributed by atoms with Crippen LogP contribution in [0.4, 0.5) is 4.39 Å². The lowest BCUT2D eigenvalue weighted by molar-refractivity contribution is -0.128. The van der Waals surface area contributed by atoms with Crippen LogP contribution in [0, 0.1) is 12.7 Å². The first-order valence-corrected chi connectivity index (χ1v) is 9.68. The first-order valence-electron chi connectivity index (χ1n) is 9.30. The number of carbonyl (C=O) groups is 1. The number of halogens is 2. The normalized spacial score (nSPS) is 19.3. The van der Waals surface area contributed by atoms with Gasteiger partial charge >= 0.3 is 0 Å². The summed E-state index contributed by atoms with van der Waals surface area (Å²) in [5, 5.41) is 0.396. The predicted octanol–water partition coefficient (Wildman–Crippen LogP) is 3.53. The summed E-state index contributed by atoms with van der Waals surface area (Å²) < 4.78 is 22.8. The second-order valence-corrected chi connectivity index (χ2v) is 7.89. The fourth-order valence-corrected chi connectivity index (χ4v) is 4.07. The van der Waals surface area contributed by atoms with Crippen molar-refractivity contribution in [2.24, 2.45) is 10.7 Å². The molecule has 1 aromatic heterocycles. The Morgan fingerprint density at radius 2 is 2.07 bits per heavy atom. The number of guanidine groups is 1. The lowest BCUT2D eigenvalue weighted by Gasteiger charge is -2.34. The molecule has 0 unspecified atom stereocenters. The highest BCUT2D eigenvalue weighted by Crippen LogP contribution is 2.38. The molecule has 1 aliphatic heterocycles. The molecule has 1 atom stereocenters. The van der Waals surface area contributed by atoms with Crippen LogP contribution in [0.1, 0.15) is 24.7 Å². The van der Waals surface area contributed by atoms with E-state index in [9.17, 15) is 4.79 Å². The highest BCUT2D eigenvalue weighted by Gasteiger charge is 2.38. The zero-order valence-corrected chi connectivity index (χ0v) is 17.8. The first kappa shape index (κ1) is 20.2. The summed E-state index contributed by atoms with van der Waals surface area (Å²) in [7, 11) is 3.07. The van der Waals surface area contributed by atoms with Crippen LogP contribution in [0.5, 0.6) is 5.75 Å². The molecule has 0 bridgehead atoms. The molecule has 0 saturated heterocycles. The Kier molecular flexibility index (Phi) is 4.69. The van der Waals surface area contributed by atoms with Crippen LogP contribution < -0.4 is 10.5 Å². The van der Waals surface area contributed by atoms with Crippen molar-refractivity contribution in [3.05, 3.63) is 52.6 Å². The number of aromatic nitrogens is 2. The molecule has 30 heavy (non-hydrogen) atoms. The number of hydrogen-bond acceptors (Lipinski definition) is 5. The molecule has 156 valence electrons. The largest absolute Gasteiger partial charge is 0.495 e. The molecule has 2 aromatic carbocycles. The van der Waals surface area contributed by atoms with E-state index in [1.165, 1.54) is 12.0 Å². The van der Waals surface area contributed by atoms with Crippen molar-refractivity contribution in [1.29, 1.82) is 0 Å². The zero-order chi connectivity index (χ0) is 21.8. The van der Waals surface area contributed by atoms with E-state index >= 15 is 4.39 Å². The Bertz CT molecular complexity index is 1220. The standard InChI is InChI=1S/C21H21ClFN5O2/c1-11-25-14-9-17(30-4)13(22)8-16(14)28(11)15-7-5-6-12(19(15)23)21(2)10-18(29)27(3)20(24)26-21/h5-9H,10H2,1-4H3,(H2,24,26)/t21-/m0/s1. The van der Waals surface area contributed by atoms with Crippen LogP contribution in [0.3, 0.4) is 0 Å². The van der Waals surface area contributed by atoms with Gasteiger partial charge < -0.3 is 10.5 Å². The van der Waals surface area contributed by atoms with Crippen LogP contribution >= 0.6 is 11.6 Å². The van der Waals surface area contributed by atoms with Crippen molar-refractivity contribution < 1.29 is 13.9 Å². The van der Waals surface area contributed by atoms with Crippen molar-refractivity contribution in [3.63, 3.8) is 0 Å². The maximum Gasteiger partial charge on any atom is 0.231 e. The van der Waals surface area contributed by atoms with E-state index in [-0.39, 0.29) is 29.5 Å². The monoisotopic (exact) mass is 429 g/mol. The van der Waals surface area contributed by atoms with E-state index in [4.69, 9.17) is 22.1 Å². The third kappa shape index (κ3) is 2.99. The van der Waals surface area contributed by atoms with Crippen molar-refractivity contribution >= 4 is 34.5 Å². The Labute approximate surface area is 177 Å². The van der Waals surface area contributed by atoms with E-state index in [1.807, 2.05) is 0 Å². The van der Waals surface area contributed by atoms with Gasteiger partial charge in [0, 0.05) is 18.7 Å². The smallest absolute Gasteiger partial charge is 0.231 e. The van der Waals surface area contributed by atoms with E-state index in [1.54, 1.807) is 55.8 Å². The van der Waals surface area contributed by atoms with Gasteiger partial charge in [-0.15, -0.1) is 0 Å². The fourth-order valence-electron chi connectivity index (χ4n) is 3.83. The molecular weight excluding hydrogens is 409 g/mol. The molecule has 1 amide bonds. The van der Waals surface area contributed by atoms with Crippen LogP contribution in [-0.2, 0) is 10.3 Å². The SMILES string of the molecule is COc1cc2nc(C)n(-c3cccc([C@]4(C)CC(=O)N(C)C(N)=N4)c3F)c2cc1Cl. The predicted molar refractivity (Wildman–Crippen MR) is 114 cm³/mol. The van der Waals surface area contributed by atoms with Gasteiger partial charge in [-0.25, -0.2) is 14.4 Å². The Hall–Kier alpha value is -3.13. The van der Waals surface area contributed by atoms with Crippen LogP contribution in [0.15, 0.2) is 35.3 Å². The van der Waals surface area contributed by atoms with Crippen LogP contribution in [-0.4, -0.2) is 40.5 Å². The number of aryl methyl sites for hydroxylation is 1. The van der Waals surface area contributed by atoms with Gasteiger partial charge in [0.1, 0.15) is 11.6 Å². The van der Waals surface area contributed by atoms with Gasteiger partial charge in [-0.3, -0.25) is 14.3 Å². The topological polar surface area (TPSA) is 85.7 Å². The third-order valence-electron chi connectivity index (χ3n) is 5.47. The summed E-state index contributed by atoms with van der Waals surface area (Å²) >= 11 is 6.30. The lowest BCUT2D eigenvalue weighted by Crippen LogP contribution is -2.47. The van der Waals surface area contributed by atoms with Crippen LogP contribution in [0.2, 0.25) is 5.02 Å². The first-order chi connectivity index (χ1) is 14.2. The maximum absolute atomic E-state index is 15.8. The number of ether oxygens (including phenoxy) is 1. The lowest BCUT2D eigenvalue weighted by atomic mass is 9.87. The highest BCUT2D eigenvalue weighted by atomic mass is 35.5. The number of fused-ring (bicyclic) bond motifs is 1. The van der Waals surface area contributed by atoms with Gasteiger partial charge in [0.2, 0.25) is 5.91 Å². The fraction of sp³-hybridized carbons (Fsp3) is 0.286. The number of nitrogens with two attached hydrogens (primary N) is 1. The molecule has 2 heterocycles. The minimum atomic E-state index is -1.11. The summed E-state index contributed by atoms with van der Waals surface area (Å²) in [6.07, 6.45) is 0.0112. The number of rotatable bonds is 3. The van der Waals surface area contributed by atoms with Gasteiger partial charge in [-0.05, 0) is 26.0 Å². The minimum absolute atomic E-state index is 0.0112. The summed E-state index contributed by atoms with van der Waals surface area (Å²) in [5.41, 5.74) is 6.62. The molecular formula is C21H21ClFN5O2. The number of carbonyl (C=O) groups excluding carboxylic acids is 1. The Morgan fingerprint density at radius 1 is 1.33 bits per heavy atom. The molecule has 0 radical (unpaired) electrons. The van der Waals surface area contributed by atoms with E-state index in [0.717, 1.165) is 0 Å². The average Bonchev–Trinajstić information content (AvgIpc) is 3.00. The molecule has 9 heteroatoms. The van der Waals surface area contributed by atoms with Gasteiger partial charge in [-0.2, -0.15) is 0 Å². The van der Waals surface area contributed by atoms with Crippen molar-refractivity contribution in [2.75, 3.05) is 14.2 Å². The molecule has 0 aliphatic carbocycles. The average molecular weight is 430 g/mol. The zero-order valence-electron chi connectivity index (χ0n) is 17.0. The van der Waals surface area contributed by atoms with Crippen LogP contribution in [0.25, 0.3) is 16.7 Å². The molecule has 0 spiro atoms. The number of amides is 1. The van der Waals surface area contributed by atoms with E-state index in [0.29, 0.717) is 27.6 Å². The summed E-state index contributed by atoms with van der Waals surface area (Å²) in [5.74, 6) is 0.408. The quantitative estimate of drug-likeness (QED) is 0.690. The Balaban J connectivity index is 1.93. The summed E-state index contributed by atoms with van der Waals surface area (Å²) in [6.45, 7) is 3.48. The van der Waals surface area contributed by atoms with Gasteiger partial charge in [0.25, 0.3) is 0 Å². The van der Waals surface area contributed by atoms with Crippen molar-refractivity contribution in [3.8, 4) is 11.4 Å². The van der Waals surface area contributed by atoms with E-state index in [2.05, 4.69) is 9.98 Å². The summed E-state index contributed by atoms with van der Waals surface area (Å²) in [6, 6.07) is 8.41. The van der Waals surface area contributed by atoms with Crippen molar-refractivity contribution in [2.45, 2.75) is 25.8 Å². The highest BCUT2D eigenvalue weighted by molar-refractivity contribution is 6.32. The van der Waals surface area contributed by atoms with Crippen molar-refractivity contribution in [1.82, 2.24) is 14.5 Å². The second-order valence-electron chi connectivity index (χ2n) is 7.48. The maximum atomic E-state index is 15.8. The van der Waals surface area contributed by atoms with Gasteiger partial charge in [0.05, 0.1) is 40.8 Å². The van der Waals surface area contributed by atoms with E-state index < -0.39 is 11.4 Å². The number of hydrogen-bond donors (Lipinski definition) is 1. The third-order valence-corrected chi connectivity index (χ3v) is 5.77. The number of aliphatic imine (C=N–C) groups is 1. The number of methoxy groups -OCH3 is 1. The molecule has 1 aliphatic rings.